The second kappa shape index (κ2) is 9.38. The van der Waals surface area contributed by atoms with Gasteiger partial charge in [0.05, 0.1) is 17.4 Å². The van der Waals surface area contributed by atoms with Crippen LogP contribution in [-0.4, -0.2) is 45.0 Å². The van der Waals surface area contributed by atoms with Gasteiger partial charge >= 0.3 is 17.6 Å². The van der Waals surface area contributed by atoms with Crippen LogP contribution >= 0.6 is 0 Å². The lowest BCUT2D eigenvalue weighted by Gasteiger charge is -2.55. The van der Waals surface area contributed by atoms with Crippen molar-refractivity contribution in [2.45, 2.75) is 97.8 Å². The van der Waals surface area contributed by atoms with Crippen LogP contribution in [0.2, 0.25) is 0 Å². The number of hydrogen-bond donors (Lipinski definition) is 1. The zero-order valence-corrected chi connectivity index (χ0v) is 22.1. The van der Waals surface area contributed by atoms with Crippen molar-refractivity contribution in [3.8, 4) is 0 Å². The molecule has 4 saturated carbocycles. The minimum atomic E-state index is -0.845. The van der Waals surface area contributed by atoms with Crippen molar-refractivity contribution >= 4 is 11.9 Å². The van der Waals surface area contributed by atoms with Gasteiger partial charge in [-0.15, -0.1) is 0 Å². The summed E-state index contributed by atoms with van der Waals surface area (Å²) in [6.45, 7) is 5.71. The number of aromatic nitrogens is 2. The first-order valence-electron chi connectivity index (χ1n) is 13.4. The molecule has 0 unspecified atom stereocenters. The van der Waals surface area contributed by atoms with Crippen molar-refractivity contribution in [2.24, 2.45) is 28.6 Å². The summed E-state index contributed by atoms with van der Waals surface area (Å²) in [7, 11) is 0. The average molecular weight is 519 g/mol. The number of aliphatic hydroxyl groups is 1. The highest BCUT2D eigenvalue weighted by Crippen LogP contribution is 2.60. The van der Waals surface area contributed by atoms with Crippen LogP contribution in [0.4, 0.5) is 0 Å². The van der Waals surface area contributed by atoms with Gasteiger partial charge in [0, 0.05) is 18.2 Å². The molecule has 0 aromatic carbocycles. The Labute approximate surface area is 215 Å². The molecule has 0 radical (unpaired) electrons. The van der Waals surface area contributed by atoms with Gasteiger partial charge in [0.25, 0.3) is 5.56 Å². The Morgan fingerprint density at radius 1 is 1.08 bits per heavy atom. The molecule has 4 bridgehead atoms. The van der Waals surface area contributed by atoms with Crippen LogP contribution in [0.5, 0.6) is 0 Å². The lowest BCUT2D eigenvalue weighted by Crippen LogP contribution is -2.51. The summed E-state index contributed by atoms with van der Waals surface area (Å²) >= 11 is 0. The van der Waals surface area contributed by atoms with E-state index in [9.17, 15) is 24.3 Å². The number of carbonyl (C=O) groups is 2. The maximum Gasteiger partial charge on any atom is 0.335 e. The van der Waals surface area contributed by atoms with Gasteiger partial charge in [-0.2, -0.15) is 0 Å². The smallest absolute Gasteiger partial charge is 0.335 e. The van der Waals surface area contributed by atoms with Crippen molar-refractivity contribution in [1.82, 2.24) is 9.13 Å². The summed E-state index contributed by atoms with van der Waals surface area (Å²) in [5.41, 5.74) is -2.23. The lowest BCUT2D eigenvalue weighted by molar-refractivity contribution is -0.180. The standard InChI is InChI=1S/C27H38N2O8/c1-15-12-28(25(34)29(22(15)31)14-35-23(32)26(2,3)4)21-8-19(20(13-30)36-21)37-24(33)27-9-16-5-17(10-27)7-18(6-16)11-27/h12,16-21,30H,5-11,13-14H2,1-4H3/t16?,17?,18?,19-,20+,21+,27?/m0/s1. The van der Waals surface area contributed by atoms with E-state index >= 15 is 0 Å². The normalized spacial score (nSPS) is 34.5. The fourth-order valence-corrected chi connectivity index (χ4v) is 7.20. The molecule has 37 heavy (non-hydrogen) atoms. The van der Waals surface area contributed by atoms with Gasteiger partial charge < -0.3 is 19.3 Å². The largest absolute Gasteiger partial charge is 0.459 e. The SMILES string of the molecule is Cc1cn([C@H]2C[C@H](OC(=O)C34CC5CC(CC(C5)C3)C4)[C@@H](CO)O2)c(=O)n(COC(=O)C(C)(C)C)c1=O. The predicted octanol–water partition coefficient (Wildman–Crippen LogP) is 2.27. The van der Waals surface area contributed by atoms with Crippen molar-refractivity contribution < 1.29 is 28.9 Å². The average Bonchev–Trinajstić information content (AvgIpc) is 3.22. The Morgan fingerprint density at radius 2 is 1.68 bits per heavy atom. The number of hydrogen-bond acceptors (Lipinski definition) is 8. The first kappa shape index (κ1) is 26.2. The Balaban J connectivity index is 1.33. The number of rotatable bonds is 6. The third kappa shape index (κ3) is 4.78. The topological polar surface area (TPSA) is 126 Å². The molecule has 0 amide bonds. The van der Waals surface area contributed by atoms with Gasteiger partial charge in [-0.3, -0.25) is 19.0 Å². The lowest BCUT2D eigenvalue weighted by atomic mass is 9.49. The van der Waals surface area contributed by atoms with E-state index in [0.717, 1.165) is 23.8 Å². The molecule has 10 heteroatoms. The van der Waals surface area contributed by atoms with Gasteiger partial charge in [0.1, 0.15) is 18.4 Å². The van der Waals surface area contributed by atoms with Gasteiger partial charge in [0.15, 0.2) is 6.73 Å². The summed E-state index contributed by atoms with van der Waals surface area (Å²) in [5, 5.41) is 9.98. The molecule has 1 N–H and O–H groups in total. The summed E-state index contributed by atoms with van der Waals surface area (Å²) in [5.74, 6) is 1.03. The monoisotopic (exact) mass is 518 g/mol. The van der Waals surface area contributed by atoms with E-state index in [1.165, 1.54) is 30.0 Å². The van der Waals surface area contributed by atoms with Crippen molar-refractivity contribution in [3.05, 3.63) is 32.6 Å². The van der Waals surface area contributed by atoms with Crippen LogP contribution < -0.4 is 11.2 Å². The minimum absolute atomic E-state index is 0.169. The van der Waals surface area contributed by atoms with E-state index in [1.807, 2.05) is 0 Å². The summed E-state index contributed by atoms with van der Waals surface area (Å²) in [6, 6.07) is 0. The van der Waals surface area contributed by atoms with E-state index in [2.05, 4.69) is 0 Å². The molecule has 5 aliphatic rings. The fraction of sp³-hybridized carbons (Fsp3) is 0.778. The Hall–Kier alpha value is -2.46. The van der Waals surface area contributed by atoms with Gasteiger partial charge in [-0.1, -0.05) is 0 Å². The van der Waals surface area contributed by atoms with Crippen molar-refractivity contribution in [3.63, 3.8) is 0 Å². The summed E-state index contributed by atoms with van der Waals surface area (Å²) in [6.07, 6.45) is 5.48. The van der Waals surface area contributed by atoms with Gasteiger partial charge in [-0.25, -0.2) is 9.36 Å². The Bertz CT molecular complexity index is 1160. The number of carbonyl (C=O) groups excluding carboxylic acids is 2. The molecule has 3 atom stereocenters. The fourth-order valence-electron chi connectivity index (χ4n) is 7.20. The summed E-state index contributed by atoms with van der Waals surface area (Å²) in [4.78, 5) is 51.6. The third-order valence-electron chi connectivity index (χ3n) is 8.70. The molecule has 0 spiro atoms. The van der Waals surface area contributed by atoms with E-state index in [0.29, 0.717) is 17.8 Å². The first-order chi connectivity index (χ1) is 17.4. The van der Waals surface area contributed by atoms with Crippen LogP contribution in [0, 0.1) is 35.5 Å². The van der Waals surface area contributed by atoms with Crippen molar-refractivity contribution in [2.75, 3.05) is 6.61 Å². The van der Waals surface area contributed by atoms with Crippen molar-refractivity contribution in [1.29, 1.82) is 0 Å². The molecular formula is C27H38N2O8. The molecule has 10 nitrogen and oxygen atoms in total. The van der Waals surface area contributed by atoms with E-state index in [-0.39, 0.29) is 24.6 Å². The molecule has 5 fully saturated rings. The molecule has 1 aromatic rings. The molecule has 1 aromatic heterocycles. The second-order valence-corrected chi connectivity index (χ2v) is 12.7. The quantitative estimate of drug-likeness (QED) is 0.569. The van der Waals surface area contributed by atoms with Crippen LogP contribution in [0.15, 0.2) is 15.8 Å². The molecule has 204 valence electrons. The molecule has 4 aliphatic carbocycles. The van der Waals surface area contributed by atoms with Gasteiger partial charge in [0.2, 0.25) is 0 Å². The number of nitrogens with zero attached hydrogens (tertiary/aromatic N) is 2. The van der Waals surface area contributed by atoms with Gasteiger partial charge in [-0.05, 0) is 84.0 Å². The highest BCUT2D eigenvalue weighted by molar-refractivity contribution is 5.78. The highest BCUT2D eigenvalue weighted by atomic mass is 16.6. The second-order valence-electron chi connectivity index (χ2n) is 12.7. The van der Waals surface area contributed by atoms with E-state index in [1.54, 1.807) is 27.7 Å². The Morgan fingerprint density at radius 3 is 2.22 bits per heavy atom. The number of ether oxygens (including phenoxy) is 3. The predicted molar refractivity (Wildman–Crippen MR) is 131 cm³/mol. The van der Waals surface area contributed by atoms with E-state index in [4.69, 9.17) is 14.2 Å². The molecule has 1 saturated heterocycles. The number of aliphatic hydroxyl groups excluding tert-OH is 1. The van der Waals surface area contributed by atoms with E-state index < -0.39 is 53.2 Å². The van der Waals surface area contributed by atoms with Crippen LogP contribution in [-0.2, 0) is 30.5 Å². The Kier molecular flexibility index (Phi) is 6.63. The zero-order chi connectivity index (χ0) is 26.7. The number of aryl methyl sites for hydroxylation is 1. The van der Waals surface area contributed by atoms with Crippen LogP contribution in [0.1, 0.15) is 77.5 Å². The molecule has 1 aliphatic heterocycles. The first-order valence-corrected chi connectivity index (χ1v) is 13.4. The minimum Gasteiger partial charge on any atom is -0.459 e. The molecule has 6 rings (SSSR count). The maximum absolute atomic E-state index is 13.5. The maximum atomic E-state index is 13.5. The molecular weight excluding hydrogens is 480 g/mol. The number of esters is 2. The third-order valence-corrected chi connectivity index (χ3v) is 8.70. The van der Waals surface area contributed by atoms with Crippen LogP contribution in [0.25, 0.3) is 0 Å². The molecule has 2 heterocycles. The zero-order valence-electron chi connectivity index (χ0n) is 22.1. The highest BCUT2D eigenvalue weighted by Gasteiger charge is 2.56. The summed E-state index contributed by atoms with van der Waals surface area (Å²) < 4.78 is 19.3. The van der Waals surface area contributed by atoms with Crippen LogP contribution in [0.3, 0.4) is 0 Å².